The Balaban J connectivity index is 1.63. The number of carboxylic acids is 1. The molecule has 2 aromatic carbocycles. The number of benzene rings is 2. The van der Waals surface area contributed by atoms with Crippen molar-refractivity contribution in [1.29, 1.82) is 0 Å². The lowest BCUT2D eigenvalue weighted by Gasteiger charge is -2.35. The minimum atomic E-state index is -1.61. The summed E-state index contributed by atoms with van der Waals surface area (Å²) in [5.41, 5.74) is 3.25. The van der Waals surface area contributed by atoms with E-state index in [-0.39, 0.29) is 19.4 Å². The van der Waals surface area contributed by atoms with Crippen LogP contribution in [0.5, 0.6) is 0 Å². The van der Waals surface area contributed by atoms with Gasteiger partial charge in [-0.15, -0.1) is 0 Å². The fourth-order valence-corrected chi connectivity index (χ4v) is 4.68. The van der Waals surface area contributed by atoms with Gasteiger partial charge in [-0.25, -0.2) is 9.59 Å². The molecule has 2 unspecified atom stereocenters. The Morgan fingerprint density at radius 2 is 1.77 bits per heavy atom. The average molecular weight is 533 g/mol. The number of carbonyl (C=O) groups excluding carboxylic acids is 1. The molecule has 160 valence electrons. The molecular formula is C22H20IN3O5. The topological polar surface area (TPSA) is 123 Å². The van der Waals surface area contributed by atoms with Crippen molar-refractivity contribution in [2.45, 2.75) is 29.0 Å². The van der Waals surface area contributed by atoms with Gasteiger partial charge in [-0.3, -0.25) is 9.69 Å². The fraction of sp³-hybridized carbons (Fsp3) is 0.227. The summed E-state index contributed by atoms with van der Waals surface area (Å²) >= 11 is 1.71. The Hall–Kier alpha value is -3.08. The maximum Gasteiger partial charge on any atom is 0.408 e. The van der Waals surface area contributed by atoms with Crippen LogP contribution >= 0.6 is 22.6 Å². The predicted molar refractivity (Wildman–Crippen MR) is 122 cm³/mol. The van der Waals surface area contributed by atoms with Crippen molar-refractivity contribution >= 4 is 51.5 Å². The first-order valence-electron chi connectivity index (χ1n) is 9.65. The summed E-state index contributed by atoms with van der Waals surface area (Å²) in [6.07, 6.45) is -1.01. The zero-order valence-corrected chi connectivity index (χ0v) is 18.5. The van der Waals surface area contributed by atoms with Gasteiger partial charge in [0.2, 0.25) is 5.91 Å². The van der Waals surface area contributed by atoms with Crippen LogP contribution < -0.4 is 5.32 Å². The molecular weight excluding hydrogens is 513 g/mol. The van der Waals surface area contributed by atoms with Crippen molar-refractivity contribution in [3.63, 3.8) is 0 Å². The number of amides is 2. The van der Waals surface area contributed by atoms with Crippen LogP contribution in [0.15, 0.2) is 54.6 Å². The zero-order valence-electron chi connectivity index (χ0n) is 16.3. The van der Waals surface area contributed by atoms with Crippen LogP contribution in [0, 0.1) is 0 Å². The summed E-state index contributed by atoms with van der Waals surface area (Å²) < 4.78 is -1.61. The summed E-state index contributed by atoms with van der Waals surface area (Å²) in [6, 6.07) is 15.5. The van der Waals surface area contributed by atoms with Gasteiger partial charge in [0.1, 0.15) is 6.04 Å². The third-order valence-electron chi connectivity index (χ3n) is 5.50. The molecule has 0 saturated heterocycles. The number of rotatable bonds is 5. The lowest BCUT2D eigenvalue weighted by molar-refractivity contribution is -0.143. The molecule has 9 heteroatoms. The van der Waals surface area contributed by atoms with Gasteiger partial charge in [0, 0.05) is 29.4 Å². The Morgan fingerprint density at radius 1 is 1.10 bits per heavy atom. The van der Waals surface area contributed by atoms with E-state index in [0.29, 0.717) is 0 Å². The van der Waals surface area contributed by atoms with Crippen molar-refractivity contribution in [2.24, 2.45) is 0 Å². The second kappa shape index (κ2) is 8.22. The summed E-state index contributed by atoms with van der Waals surface area (Å²) in [7, 11) is 0. The number of nitrogens with one attached hydrogen (secondary N) is 2. The van der Waals surface area contributed by atoms with E-state index in [1.807, 2.05) is 30.3 Å². The highest BCUT2D eigenvalue weighted by atomic mass is 127. The quantitative estimate of drug-likeness (QED) is 0.228. The van der Waals surface area contributed by atoms with Gasteiger partial charge < -0.3 is 20.5 Å². The van der Waals surface area contributed by atoms with Gasteiger partial charge in [-0.05, 0) is 39.8 Å². The molecule has 0 aliphatic carbocycles. The number of halogens is 1. The molecule has 0 radical (unpaired) electrons. The Labute approximate surface area is 191 Å². The number of aromatic nitrogens is 1. The first-order chi connectivity index (χ1) is 14.8. The van der Waals surface area contributed by atoms with Crippen molar-refractivity contribution in [1.82, 2.24) is 15.2 Å². The second-order valence-corrected chi connectivity index (χ2v) is 9.36. The third kappa shape index (κ3) is 4.09. The van der Waals surface area contributed by atoms with Crippen LogP contribution in [0.1, 0.15) is 16.8 Å². The molecule has 0 saturated carbocycles. The highest BCUT2D eigenvalue weighted by Gasteiger charge is 2.43. The number of carbonyl (C=O) groups is 3. The molecule has 8 nitrogen and oxygen atoms in total. The molecule has 0 fully saturated rings. The van der Waals surface area contributed by atoms with Crippen molar-refractivity contribution in [2.75, 3.05) is 0 Å². The van der Waals surface area contributed by atoms with E-state index in [2.05, 4.69) is 10.3 Å². The minimum absolute atomic E-state index is 0.0252. The number of hydrogen-bond acceptors (Lipinski definition) is 3. The first-order valence-corrected chi connectivity index (χ1v) is 10.7. The van der Waals surface area contributed by atoms with Crippen molar-refractivity contribution < 1.29 is 24.6 Å². The van der Waals surface area contributed by atoms with Gasteiger partial charge in [0.05, 0.1) is 6.54 Å². The molecule has 1 aromatic heterocycles. The maximum absolute atomic E-state index is 13.2. The molecule has 0 bridgehead atoms. The number of aromatic amines is 1. The standard InChI is InChI=1S/C22H20IN3O5/c23-22(20(28)29,11-13-6-2-1-3-7-13)25-19(27)18-10-15-14-8-4-5-9-16(14)24-17(15)12-26(18)21(30)31/h1-9,18,24H,10-12H2,(H,25,27)(H,28,29)(H,30,31). The Kier molecular flexibility index (Phi) is 5.61. The van der Waals surface area contributed by atoms with Gasteiger partial charge in [-0.1, -0.05) is 48.5 Å². The van der Waals surface area contributed by atoms with Crippen LogP contribution in [0.3, 0.4) is 0 Å². The van der Waals surface area contributed by atoms with Crippen molar-refractivity contribution in [3.8, 4) is 0 Å². The molecule has 1 aliphatic rings. The number of para-hydroxylation sites is 1. The van der Waals surface area contributed by atoms with E-state index in [4.69, 9.17) is 0 Å². The fourth-order valence-electron chi connectivity index (χ4n) is 3.97. The SMILES string of the molecule is O=C(NC(I)(Cc1ccccc1)C(=O)O)C1Cc2c([nH]c3ccccc23)CN1C(=O)O. The van der Waals surface area contributed by atoms with E-state index in [1.165, 1.54) is 0 Å². The number of nitrogens with zero attached hydrogens (tertiary/aromatic N) is 1. The molecule has 4 N–H and O–H groups in total. The lowest BCUT2D eigenvalue weighted by Crippen LogP contribution is -2.59. The van der Waals surface area contributed by atoms with Crippen LogP contribution in [0.4, 0.5) is 4.79 Å². The first kappa shape index (κ1) is 21.2. The average Bonchev–Trinajstić information content (AvgIpc) is 3.11. The van der Waals surface area contributed by atoms with E-state index in [0.717, 1.165) is 32.6 Å². The van der Waals surface area contributed by atoms with E-state index in [1.54, 1.807) is 46.9 Å². The Bertz CT molecular complexity index is 1160. The number of H-pyrrole nitrogens is 1. The summed E-state index contributed by atoms with van der Waals surface area (Å²) in [6.45, 7) is 0.0252. The molecule has 0 spiro atoms. The third-order valence-corrected chi connectivity index (χ3v) is 6.62. The van der Waals surface area contributed by atoms with Gasteiger partial charge in [0.15, 0.2) is 3.55 Å². The number of carboxylic acid groups (broad SMARTS) is 2. The van der Waals surface area contributed by atoms with E-state index >= 15 is 0 Å². The number of aliphatic carboxylic acids is 1. The second-order valence-electron chi connectivity index (χ2n) is 7.52. The van der Waals surface area contributed by atoms with Crippen LogP contribution in [0.2, 0.25) is 0 Å². The van der Waals surface area contributed by atoms with E-state index < -0.39 is 27.6 Å². The van der Waals surface area contributed by atoms with Crippen LogP contribution in [0.25, 0.3) is 10.9 Å². The largest absolute Gasteiger partial charge is 0.479 e. The summed E-state index contributed by atoms with van der Waals surface area (Å²) in [4.78, 5) is 41.4. The number of hydrogen-bond donors (Lipinski definition) is 4. The lowest BCUT2D eigenvalue weighted by atomic mass is 9.95. The smallest absolute Gasteiger partial charge is 0.408 e. The van der Waals surface area contributed by atoms with Gasteiger partial charge in [0.25, 0.3) is 0 Å². The highest BCUT2D eigenvalue weighted by Crippen LogP contribution is 2.31. The normalized spacial score (nSPS) is 17.6. The molecule has 3 aromatic rings. The van der Waals surface area contributed by atoms with E-state index in [9.17, 15) is 24.6 Å². The maximum atomic E-state index is 13.2. The monoisotopic (exact) mass is 533 g/mol. The predicted octanol–water partition coefficient (Wildman–Crippen LogP) is 3.15. The minimum Gasteiger partial charge on any atom is -0.479 e. The summed E-state index contributed by atoms with van der Waals surface area (Å²) in [5, 5.41) is 23.1. The molecule has 2 heterocycles. The van der Waals surface area contributed by atoms with Crippen LogP contribution in [-0.4, -0.2) is 47.7 Å². The highest BCUT2D eigenvalue weighted by molar-refractivity contribution is 14.1. The summed E-state index contributed by atoms with van der Waals surface area (Å²) in [5.74, 6) is -1.83. The molecule has 2 atom stereocenters. The molecule has 31 heavy (non-hydrogen) atoms. The van der Waals surface area contributed by atoms with Crippen LogP contribution in [-0.2, 0) is 29.0 Å². The number of fused-ring (bicyclic) bond motifs is 3. The molecule has 1 aliphatic heterocycles. The Morgan fingerprint density at radius 3 is 2.45 bits per heavy atom. The zero-order chi connectivity index (χ0) is 22.2. The number of alkyl halides is 1. The van der Waals surface area contributed by atoms with Crippen molar-refractivity contribution in [3.05, 3.63) is 71.4 Å². The van der Waals surface area contributed by atoms with Gasteiger partial charge in [-0.2, -0.15) is 0 Å². The van der Waals surface area contributed by atoms with Gasteiger partial charge >= 0.3 is 12.1 Å². The molecule has 2 amide bonds. The molecule has 4 rings (SSSR count).